The lowest BCUT2D eigenvalue weighted by Crippen LogP contribution is -1.90. The average molecular weight is 264 g/mol. The Morgan fingerprint density at radius 1 is 1.39 bits per heavy atom. The van der Waals surface area contributed by atoms with E-state index in [1.165, 1.54) is 0 Å². The van der Waals surface area contributed by atoms with E-state index in [4.69, 9.17) is 4.52 Å². The molecule has 1 N–H and O–H groups in total. The van der Waals surface area contributed by atoms with Crippen molar-refractivity contribution in [2.24, 2.45) is 0 Å². The number of benzene rings is 1. The first-order valence-corrected chi connectivity index (χ1v) is 6.85. The standard InChI is InChI=1S/C13H16N2O2S/c1-8(2)18-7-12-14-13(17-15-12)10-5-4-9(3)6-11(10)16/h4-6,8,16H,7H2,1-3H3. The smallest absolute Gasteiger partial charge is 0.261 e. The molecule has 1 aromatic carbocycles. The van der Waals surface area contributed by atoms with Gasteiger partial charge in [0.15, 0.2) is 5.82 Å². The van der Waals surface area contributed by atoms with E-state index in [-0.39, 0.29) is 5.75 Å². The van der Waals surface area contributed by atoms with E-state index in [0.29, 0.717) is 28.3 Å². The summed E-state index contributed by atoms with van der Waals surface area (Å²) in [6.07, 6.45) is 0. The molecule has 0 aliphatic heterocycles. The van der Waals surface area contributed by atoms with E-state index in [2.05, 4.69) is 24.0 Å². The lowest BCUT2D eigenvalue weighted by Gasteiger charge is -2.00. The number of phenols is 1. The monoisotopic (exact) mass is 264 g/mol. The van der Waals surface area contributed by atoms with Gasteiger partial charge in [-0.1, -0.05) is 25.1 Å². The van der Waals surface area contributed by atoms with E-state index in [9.17, 15) is 5.11 Å². The number of aromatic nitrogens is 2. The van der Waals surface area contributed by atoms with E-state index in [1.807, 2.05) is 13.0 Å². The van der Waals surface area contributed by atoms with Crippen molar-refractivity contribution in [3.8, 4) is 17.2 Å². The highest BCUT2D eigenvalue weighted by Crippen LogP contribution is 2.29. The van der Waals surface area contributed by atoms with Gasteiger partial charge in [-0.15, -0.1) is 0 Å². The second-order valence-electron chi connectivity index (χ2n) is 4.40. The van der Waals surface area contributed by atoms with Crippen LogP contribution in [0.15, 0.2) is 22.7 Å². The third-order valence-corrected chi connectivity index (χ3v) is 3.49. The quantitative estimate of drug-likeness (QED) is 0.917. The summed E-state index contributed by atoms with van der Waals surface area (Å²) in [4.78, 5) is 4.28. The lowest BCUT2D eigenvalue weighted by atomic mass is 10.1. The van der Waals surface area contributed by atoms with Crippen molar-refractivity contribution >= 4 is 11.8 Å². The summed E-state index contributed by atoms with van der Waals surface area (Å²) in [6.45, 7) is 6.16. The summed E-state index contributed by atoms with van der Waals surface area (Å²) >= 11 is 1.75. The molecule has 0 radical (unpaired) electrons. The van der Waals surface area contributed by atoms with Gasteiger partial charge in [-0.3, -0.25) is 0 Å². The molecule has 0 fully saturated rings. The van der Waals surface area contributed by atoms with Crippen LogP contribution >= 0.6 is 11.8 Å². The maximum atomic E-state index is 9.84. The number of thioether (sulfide) groups is 1. The highest BCUT2D eigenvalue weighted by atomic mass is 32.2. The normalized spacial score (nSPS) is 11.1. The minimum absolute atomic E-state index is 0.168. The van der Waals surface area contributed by atoms with Gasteiger partial charge in [0.25, 0.3) is 5.89 Å². The summed E-state index contributed by atoms with van der Waals surface area (Å²) in [5.74, 6) is 1.91. The van der Waals surface area contributed by atoms with Crippen molar-refractivity contribution < 1.29 is 9.63 Å². The van der Waals surface area contributed by atoms with Gasteiger partial charge in [0, 0.05) is 0 Å². The van der Waals surface area contributed by atoms with Crippen molar-refractivity contribution in [3.05, 3.63) is 29.6 Å². The van der Waals surface area contributed by atoms with Gasteiger partial charge in [-0.2, -0.15) is 16.7 Å². The Bertz CT molecular complexity index is 538. The molecular formula is C13H16N2O2S. The highest BCUT2D eigenvalue weighted by molar-refractivity contribution is 7.99. The fourth-order valence-electron chi connectivity index (χ4n) is 1.49. The van der Waals surface area contributed by atoms with Gasteiger partial charge in [0.05, 0.1) is 11.3 Å². The molecule has 0 aliphatic rings. The number of nitrogens with zero attached hydrogens (tertiary/aromatic N) is 2. The molecule has 0 aliphatic carbocycles. The first-order valence-electron chi connectivity index (χ1n) is 5.80. The average Bonchev–Trinajstić information content (AvgIpc) is 2.75. The highest BCUT2D eigenvalue weighted by Gasteiger charge is 2.13. The molecule has 96 valence electrons. The van der Waals surface area contributed by atoms with E-state index >= 15 is 0 Å². The van der Waals surface area contributed by atoms with Gasteiger partial charge < -0.3 is 9.63 Å². The fourth-order valence-corrected chi connectivity index (χ4v) is 2.09. The molecule has 0 amide bonds. The van der Waals surface area contributed by atoms with Gasteiger partial charge in [-0.25, -0.2) is 0 Å². The van der Waals surface area contributed by atoms with Gasteiger partial charge in [0.2, 0.25) is 0 Å². The van der Waals surface area contributed by atoms with Crippen molar-refractivity contribution in [3.63, 3.8) is 0 Å². The van der Waals surface area contributed by atoms with Crippen molar-refractivity contribution in [1.82, 2.24) is 10.1 Å². The largest absolute Gasteiger partial charge is 0.507 e. The summed E-state index contributed by atoms with van der Waals surface area (Å²) < 4.78 is 5.17. The molecule has 0 saturated heterocycles. The van der Waals surface area contributed by atoms with Crippen LogP contribution in [0.5, 0.6) is 5.75 Å². The van der Waals surface area contributed by atoms with Crippen LogP contribution in [0.2, 0.25) is 0 Å². The molecule has 18 heavy (non-hydrogen) atoms. The molecule has 0 bridgehead atoms. The van der Waals surface area contributed by atoms with Crippen LogP contribution in [-0.2, 0) is 5.75 Å². The van der Waals surface area contributed by atoms with Crippen LogP contribution < -0.4 is 0 Å². The first-order chi connectivity index (χ1) is 8.56. The Morgan fingerprint density at radius 2 is 2.17 bits per heavy atom. The summed E-state index contributed by atoms with van der Waals surface area (Å²) in [6, 6.07) is 5.38. The van der Waals surface area contributed by atoms with E-state index in [0.717, 1.165) is 5.56 Å². The molecule has 1 aromatic heterocycles. The van der Waals surface area contributed by atoms with Crippen LogP contribution in [0, 0.1) is 6.92 Å². The number of rotatable bonds is 4. The second kappa shape index (κ2) is 5.44. The summed E-state index contributed by atoms with van der Waals surface area (Å²) in [5.41, 5.74) is 1.57. The van der Waals surface area contributed by atoms with Crippen LogP contribution in [-0.4, -0.2) is 20.5 Å². The Hall–Kier alpha value is -1.49. The van der Waals surface area contributed by atoms with Crippen LogP contribution in [0.1, 0.15) is 25.2 Å². The molecule has 1 heterocycles. The maximum absolute atomic E-state index is 9.84. The number of aromatic hydroxyl groups is 1. The zero-order valence-corrected chi connectivity index (χ0v) is 11.5. The summed E-state index contributed by atoms with van der Waals surface area (Å²) in [5, 5.41) is 14.3. The minimum Gasteiger partial charge on any atom is -0.507 e. The minimum atomic E-state index is 0.168. The maximum Gasteiger partial charge on any atom is 0.261 e. The topological polar surface area (TPSA) is 59.2 Å². The van der Waals surface area contributed by atoms with E-state index in [1.54, 1.807) is 23.9 Å². The van der Waals surface area contributed by atoms with Crippen molar-refractivity contribution in [1.29, 1.82) is 0 Å². The fraction of sp³-hybridized carbons (Fsp3) is 0.385. The predicted octanol–water partition coefficient (Wildman–Crippen LogP) is 3.39. The zero-order chi connectivity index (χ0) is 13.1. The Morgan fingerprint density at radius 3 is 2.83 bits per heavy atom. The van der Waals surface area contributed by atoms with Crippen LogP contribution in [0.25, 0.3) is 11.5 Å². The lowest BCUT2D eigenvalue weighted by molar-refractivity contribution is 0.419. The van der Waals surface area contributed by atoms with E-state index < -0.39 is 0 Å². The predicted molar refractivity (Wildman–Crippen MR) is 72.6 cm³/mol. The number of hydrogen-bond donors (Lipinski definition) is 1. The molecule has 0 saturated carbocycles. The molecule has 0 unspecified atom stereocenters. The molecule has 2 aromatic rings. The first kappa shape index (κ1) is 13.0. The molecule has 5 heteroatoms. The van der Waals surface area contributed by atoms with Crippen molar-refractivity contribution in [2.75, 3.05) is 0 Å². The van der Waals surface area contributed by atoms with Crippen molar-refractivity contribution in [2.45, 2.75) is 31.8 Å². The Balaban J connectivity index is 2.18. The van der Waals surface area contributed by atoms with Gasteiger partial charge in [0.1, 0.15) is 5.75 Å². The number of hydrogen-bond acceptors (Lipinski definition) is 5. The molecule has 0 spiro atoms. The third-order valence-electron chi connectivity index (χ3n) is 2.40. The molecular weight excluding hydrogens is 248 g/mol. The number of phenolic OH excluding ortho intramolecular Hbond substituents is 1. The van der Waals surface area contributed by atoms with Gasteiger partial charge in [-0.05, 0) is 29.9 Å². The molecule has 4 nitrogen and oxygen atoms in total. The zero-order valence-electron chi connectivity index (χ0n) is 10.7. The Labute approximate surface area is 110 Å². The summed E-state index contributed by atoms with van der Waals surface area (Å²) in [7, 11) is 0. The van der Waals surface area contributed by atoms with Crippen LogP contribution in [0.4, 0.5) is 0 Å². The number of aryl methyl sites for hydroxylation is 1. The second-order valence-corrected chi connectivity index (χ2v) is 5.96. The Kier molecular flexibility index (Phi) is 3.91. The third kappa shape index (κ3) is 3.04. The SMILES string of the molecule is Cc1ccc(-c2nc(CSC(C)C)no2)c(O)c1. The molecule has 0 atom stereocenters. The van der Waals surface area contributed by atoms with Crippen LogP contribution in [0.3, 0.4) is 0 Å². The van der Waals surface area contributed by atoms with Gasteiger partial charge >= 0.3 is 0 Å². The molecule has 2 rings (SSSR count).